The largest absolute Gasteiger partial charge is 0.378 e. The molecule has 25 heavy (non-hydrogen) atoms. The molecule has 0 spiro atoms. The lowest BCUT2D eigenvalue weighted by atomic mass is 10.3. The van der Waals surface area contributed by atoms with Crippen LogP contribution >= 0.6 is 0 Å². The molecule has 9 heteroatoms. The standard InChI is InChI=1S/C16H24N8O/c1-21-15(18-13-19-21)12-22-4-6-23(7-5-22)14-2-3-17-16(20-14)24-8-10-25-11-9-24/h2-3,13H,4-12H2,1H3. The molecule has 2 saturated heterocycles. The van der Waals surface area contributed by atoms with Gasteiger partial charge in [-0.1, -0.05) is 0 Å². The molecule has 2 aliphatic rings. The summed E-state index contributed by atoms with van der Waals surface area (Å²) in [5, 5.41) is 4.14. The lowest BCUT2D eigenvalue weighted by Crippen LogP contribution is -2.46. The molecule has 2 aromatic heterocycles. The monoisotopic (exact) mass is 344 g/mol. The van der Waals surface area contributed by atoms with E-state index < -0.39 is 0 Å². The van der Waals surface area contributed by atoms with Crippen LogP contribution in [0, 0.1) is 0 Å². The normalized spacial score (nSPS) is 19.4. The summed E-state index contributed by atoms with van der Waals surface area (Å²) in [6, 6.07) is 2.00. The number of morpholine rings is 1. The fraction of sp³-hybridized carbons (Fsp3) is 0.625. The number of aryl methyl sites for hydroxylation is 1. The van der Waals surface area contributed by atoms with E-state index in [-0.39, 0.29) is 0 Å². The molecule has 0 atom stereocenters. The predicted octanol–water partition coefficient (Wildman–Crippen LogP) is -0.236. The fourth-order valence-corrected chi connectivity index (χ4v) is 3.23. The van der Waals surface area contributed by atoms with Crippen LogP contribution in [0.3, 0.4) is 0 Å². The maximum absolute atomic E-state index is 5.41. The van der Waals surface area contributed by atoms with E-state index in [0.29, 0.717) is 0 Å². The highest BCUT2D eigenvalue weighted by Gasteiger charge is 2.21. The van der Waals surface area contributed by atoms with Crippen molar-refractivity contribution in [3.63, 3.8) is 0 Å². The zero-order chi connectivity index (χ0) is 17.1. The summed E-state index contributed by atoms with van der Waals surface area (Å²) in [5.74, 6) is 2.82. The van der Waals surface area contributed by atoms with Gasteiger partial charge in [-0.25, -0.2) is 9.97 Å². The van der Waals surface area contributed by atoms with Crippen LogP contribution in [-0.4, -0.2) is 82.1 Å². The number of anilines is 2. The number of hydrogen-bond acceptors (Lipinski definition) is 8. The molecule has 0 aromatic carbocycles. The Morgan fingerprint density at radius 3 is 2.52 bits per heavy atom. The van der Waals surface area contributed by atoms with Gasteiger partial charge in [0.1, 0.15) is 18.0 Å². The van der Waals surface area contributed by atoms with Crippen LogP contribution in [0.25, 0.3) is 0 Å². The molecular formula is C16H24N8O. The molecule has 0 aliphatic carbocycles. The van der Waals surface area contributed by atoms with Gasteiger partial charge in [0.15, 0.2) is 0 Å². The van der Waals surface area contributed by atoms with Gasteiger partial charge in [0.05, 0.1) is 19.8 Å². The van der Waals surface area contributed by atoms with Crippen LogP contribution in [-0.2, 0) is 18.3 Å². The summed E-state index contributed by atoms with van der Waals surface area (Å²) >= 11 is 0. The molecule has 0 saturated carbocycles. The molecule has 134 valence electrons. The van der Waals surface area contributed by atoms with Gasteiger partial charge >= 0.3 is 0 Å². The third kappa shape index (κ3) is 3.72. The summed E-state index contributed by atoms with van der Waals surface area (Å²) in [6.45, 7) is 7.93. The van der Waals surface area contributed by atoms with Crippen molar-refractivity contribution in [2.45, 2.75) is 6.54 Å². The first-order chi connectivity index (χ1) is 12.3. The van der Waals surface area contributed by atoms with Crippen LogP contribution in [0.5, 0.6) is 0 Å². The van der Waals surface area contributed by atoms with Gasteiger partial charge in [-0.15, -0.1) is 0 Å². The molecule has 0 amide bonds. The minimum Gasteiger partial charge on any atom is -0.378 e. The number of aromatic nitrogens is 5. The maximum atomic E-state index is 5.41. The molecule has 2 aliphatic heterocycles. The van der Waals surface area contributed by atoms with Gasteiger partial charge < -0.3 is 14.5 Å². The Hall–Kier alpha value is -2.26. The van der Waals surface area contributed by atoms with Crippen molar-refractivity contribution in [3.8, 4) is 0 Å². The van der Waals surface area contributed by atoms with Crippen molar-refractivity contribution in [3.05, 3.63) is 24.4 Å². The van der Waals surface area contributed by atoms with E-state index in [1.54, 1.807) is 6.33 Å². The van der Waals surface area contributed by atoms with Gasteiger partial charge in [0, 0.05) is 52.5 Å². The third-order valence-corrected chi connectivity index (χ3v) is 4.79. The minimum absolute atomic E-state index is 0.744. The molecule has 2 fully saturated rings. The van der Waals surface area contributed by atoms with E-state index in [1.165, 1.54) is 0 Å². The number of piperazine rings is 1. The molecule has 4 heterocycles. The lowest BCUT2D eigenvalue weighted by Gasteiger charge is -2.35. The first-order valence-electron chi connectivity index (χ1n) is 8.75. The Morgan fingerprint density at radius 1 is 1.00 bits per heavy atom. The van der Waals surface area contributed by atoms with Gasteiger partial charge in [-0.2, -0.15) is 10.1 Å². The van der Waals surface area contributed by atoms with Crippen molar-refractivity contribution in [2.75, 3.05) is 62.3 Å². The van der Waals surface area contributed by atoms with Crippen molar-refractivity contribution in [1.82, 2.24) is 29.6 Å². The molecule has 0 unspecified atom stereocenters. The van der Waals surface area contributed by atoms with Gasteiger partial charge in [0.25, 0.3) is 0 Å². The Morgan fingerprint density at radius 2 is 1.80 bits per heavy atom. The predicted molar refractivity (Wildman–Crippen MR) is 93.6 cm³/mol. The number of nitrogens with zero attached hydrogens (tertiary/aromatic N) is 8. The first-order valence-corrected chi connectivity index (χ1v) is 8.75. The highest BCUT2D eigenvalue weighted by molar-refractivity contribution is 5.44. The van der Waals surface area contributed by atoms with E-state index in [4.69, 9.17) is 9.72 Å². The molecule has 9 nitrogen and oxygen atoms in total. The molecule has 4 rings (SSSR count). The van der Waals surface area contributed by atoms with Crippen LogP contribution < -0.4 is 9.80 Å². The maximum Gasteiger partial charge on any atom is 0.227 e. The first kappa shape index (κ1) is 16.2. The Labute approximate surface area is 147 Å². The van der Waals surface area contributed by atoms with Gasteiger partial charge in [-0.05, 0) is 6.07 Å². The summed E-state index contributed by atoms with van der Waals surface area (Å²) in [6.07, 6.45) is 3.47. The van der Waals surface area contributed by atoms with E-state index in [2.05, 4.69) is 29.8 Å². The summed E-state index contributed by atoms with van der Waals surface area (Å²) in [7, 11) is 1.94. The van der Waals surface area contributed by atoms with E-state index in [1.807, 2.05) is 24.0 Å². The van der Waals surface area contributed by atoms with Crippen LogP contribution in [0.4, 0.5) is 11.8 Å². The molecule has 0 radical (unpaired) electrons. The Kier molecular flexibility index (Phi) is 4.75. The smallest absolute Gasteiger partial charge is 0.227 e. The van der Waals surface area contributed by atoms with Crippen molar-refractivity contribution < 1.29 is 4.74 Å². The van der Waals surface area contributed by atoms with Gasteiger partial charge in [0.2, 0.25) is 5.95 Å². The Balaban J connectivity index is 1.36. The van der Waals surface area contributed by atoms with E-state index in [9.17, 15) is 0 Å². The molecular weight excluding hydrogens is 320 g/mol. The van der Waals surface area contributed by atoms with Crippen molar-refractivity contribution in [1.29, 1.82) is 0 Å². The van der Waals surface area contributed by atoms with Crippen LogP contribution in [0.1, 0.15) is 5.82 Å². The number of ether oxygens (including phenoxy) is 1. The highest BCUT2D eigenvalue weighted by Crippen LogP contribution is 2.18. The summed E-state index contributed by atoms with van der Waals surface area (Å²) < 4.78 is 7.25. The van der Waals surface area contributed by atoms with Crippen LogP contribution in [0.2, 0.25) is 0 Å². The molecule has 2 aromatic rings. The zero-order valence-corrected chi connectivity index (χ0v) is 14.6. The van der Waals surface area contributed by atoms with Crippen molar-refractivity contribution >= 4 is 11.8 Å². The summed E-state index contributed by atoms with van der Waals surface area (Å²) in [4.78, 5) is 20.5. The number of rotatable bonds is 4. The number of hydrogen-bond donors (Lipinski definition) is 0. The average molecular weight is 344 g/mol. The second-order valence-corrected chi connectivity index (χ2v) is 6.38. The quantitative estimate of drug-likeness (QED) is 0.753. The minimum atomic E-state index is 0.744. The molecule has 0 N–H and O–H groups in total. The zero-order valence-electron chi connectivity index (χ0n) is 14.6. The van der Waals surface area contributed by atoms with E-state index in [0.717, 1.165) is 76.6 Å². The molecule has 0 bridgehead atoms. The highest BCUT2D eigenvalue weighted by atomic mass is 16.5. The second-order valence-electron chi connectivity index (χ2n) is 6.38. The van der Waals surface area contributed by atoms with Crippen LogP contribution in [0.15, 0.2) is 18.6 Å². The van der Waals surface area contributed by atoms with E-state index >= 15 is 0 Å². The third-order valence-electron chi connectivity index (χ3n) is 4.79. The van der Waals surface area contributed by atoms with Crippen molar-refractivity contribution in [2.24, 2.45) is 7.05 Å². The summed E-state index contributed by atoms with van der Waals surface area (Å²) in [5.41, 5.74) is 0. The topological polar surface area (TPSA) is 75.4 Å². The lowest BCUT2D eigenvalue weighted by molar-refractivity contribution is 0.122. The average Bonchev–Trinajstić information content (AvgIpc) is 3.08. The Bertz CT molecular complexity index is 691. The fourth-order valence-electron chi connectivity index (χ4n) is 3.23. The van der Waals surface area contributed by atoms with Gasteiger partial charge in [-0.3, -0.25) is 9.58 Å². The second kappa shape index (κ2) is 7.32. The SMILES string of the molecule is Cn1ncnc1CN1CCN(c2ccnc(N3CCOCC3)n2)CC1.